The number of carbonyl (C=O) groups excluding carboxylic acids is 2. The molecule has 0 saturated carbocycles. The van der Waals surface area contributed by atoms with Gasteiger partial charge in [-0.05, 0) is 56.3 Å². The molecule has 2 N–H and O–H groups in total. The lowest BCUT2D eigenvalue weighted by Crippen LogP contribution is -2.41. The second-order valence-corrected chi connectivity index (χ2v) is 7.24. The first-order valence-corrected chi connectivity index (χ1v) is 9.76. The summed E-state index contributed by atoms with van der Waals surface area (Å²) in [5, 5.41) is 5.38. The summed E-state index contributed by atoms with van der Waals surface area (Å²) in [7, 11) is 0. The highest BCUT2D eigenvalue weighted by atomic mass is 32.2. The molecule has 1 heterocycles. The van der Waals surface area contributed by atoms with Crippen LogP contribution in [0, 0.1) is 5.92 Å². The maximum Gasteiger partial charge on any atom is 0.313 e. The largest absolute Gasteiger partial charge is 0.348 e. The lowest BCUT2D eigenvalue weighted by atomic mass is 10.1. The van der Waals surface area contributed by atoms with Crippen molar-refractivity contribution in [1.82, 2.24) is 10.2 Å². The molecule has 0 radical (unpaired) electrons. The third-order valence-electron chi connectivity index (χ3n) is 4.16. The number of amides is 2. The summed E-state index contributed by atoms with van der Waals surface area (Å²) in [5.74, 6) is -0.854. The average molecular weight is 350 g/mol. The van der Waals surface area contributed by atoms with Crippen molar-refractivity contribution < 1.29 is 9.59 Å². The highest BCUT2D eigenvalue weighted by molar-refractivity contribution is 7.98. The van der Waals surface area contributed by atoms with Crippen molar-refractivity contribution in [2.24, 2.45) is 5.92 Å². The van der Waals surface area contributed by atoms with E-state index in [1.165, 1.54) is 19.3 Å². The molecule has 1 aromatic rings. The molecule has 0 aliphatic carbocycles. The number of carbonyl (C=O) groups is 2. The molecule has 1 atom stereocenters. The monoisotopic (exact) mass is 349 g/mol. The minimum atomic E-state index is -0.613. The second-order valence-electron chi connectivity index (χ2n) is 6.36. The van der Waals surface area contributed by atoms with Crippen LogP contribution in [0.1, 0.15) is 26.2 Å². The lowest BCUT2D eigenvalue weighted by molar-refractivity contribution is -0.136. The Labute approximate surface area is 148 Å². The molecule has 1 fully saturated rings. The van der Waals surface area contributed by atoms with Gasteiger partial charge in [0.25, 0.3) is 0 Å². The van der Waals surface area contributed by atoms with E-state index in [1.54, 1.807) is 17.8 Å². The maximum absolute atomic E-state index is 12.0. The van der Waals surface area contributed by atoms with Gasteiger partial charge in [0.05, 0.1) is 0 Å². The number of anilines is 1. The van der Waals surface area contributed by atoms with E-state index in [0.29, 0.717) is 18.2 Å². The predicted molar refractivity (Wildman–Crippen MR) is 99.3 cm³/mol. The first kappa shape index (κ1) is 18.8. The summed E-state index contributed by atoms with van der Waals surface area (Å²) in [4.78, 5) is 27.4. The third-order valence-corrected chi connectivity index (χ3v) is 4.89. The van der Waals surface area contributed by atoms with Crippen LogP contribution in [0.3, 0.4) is 0 Å². The molecule has 1 aromatic carbocycles. The Bertz CT molecular complexity index is 559. The van der Waals surface area contributed by atoms with Crippen LogP contribution in [0.5, 0.6) is 0 Å². The topological polar surface area (TPSA) is 61.4 Å². The molecule has 0 bridgehead atoms. The van der Waals surface area contributed by atoms with E-state index in [0.717, 1.165) is 24.5 Å². The summed E-state index contributed by atoms with van der Waals surface area (Å²) in [6, 6.07) is 7.46. The van der Waals surface area contributed by atoms with Crippen molar-refractivity contribution in [3.63, 3.8) is 0 Å². The van der Waals surface area contributed by atoms with Gasteiger partial charge in [-0.3, -0.25) is 9.59 Å². The number of nitrogens with one attached hydrogen (secondary N) is 2. The second kappa shape index (κ2) is 9.69. The summed E-state index contributed by atoms with van der Waals surface area (Å²) < 4.78 is 0. The highest BCUT2D eigenvalue weighted by Gasteiger charge is 2.17. The van der Waals surface area contributed by atoms with Crippen LogP contribution < -0.4 is 10.6 Å². The number of benzene rings is 1. The Morgan fingerprint density at radius 1 is 1.21 bits per heavy atom. The lowest BCUT2D eigenvalue weighted by Gasteiger charge is -2.29. The summed E-state index contributed by atoms with van der Waals surface area (Å²) in [6.07, 6.45) is 5.81. The fraction of sp³-hybridized carbons (Fsp3) is 0.556. The predicted octanol–water partition coefficient (Wildman–Crippen LogP) is 2.59. The zero-order valence-electron chi connectivity index (χ0n) is 14.5. The van der Waals surface area contributed by atoms with Crippen molar-refractivity contribution >= 4 is 29.3 Å². The molecule has 132 valence electrons. The molecular weight excluding hydrogens is 322 g/mol. The van der Waals surface area contributed by atoms with E-state index in [2.05, 4.69) is 22.5 Å². The zero-order valence-corrected chi connectivity index (χ0v) is 15.3. The smallest absolute Gasteiger partial charge is 0.313 e. The average Bonchev–Trinajstić information content (AvgIpc) is 2.60. The fourth-order valence-electron chi connectivity index (χ4n) is 2.88. The van der Waals surface area contributed by atoms with Crippen LogP contribution in [0.15, 0.2) is 29.2 Å². The minimum Gasteiger partial charge on any atom is -0.348 e. The fourth-order valence-corrected chi connectivity index (χ4v) is 3.34. The van der Waals surface area contributed by atoms with Crippen molar-refractivity contribution in [2.75, 3.05) is 37.8 Å². The Morgan fingerprint density at radius 3 is 2.67 bits per heavy atom. The van der Waals surface area contributed by atoms with Gasteiger partial charge in [0.1, 0.15) is 0 Å². The first-order chi connectivity index (χ1) is 11.6. The van der Waals surface area contributed by atoms with E-state index in [-0.39, 0.29) is 0 Å². The van der Waals surface area contributed by atoms with Crippen molar-refractivity contribution in [3.05, 3.63) is 24.3 Å². The molecule has 5 nitrogen and oxygen atoms in total. The maximum atomic E-state index is 12.0. The normalized spacial score (nSPS) is 16.4. The number of rotatable bonds is 6. The first-order valence-electron chi connectivity index (χ1n) is 8.54. The van der Waals surface area contributed by atoms with Crippen molar-refractivity contribution in [1.29, 1.82) is 0 Å². The molecule has 0 spiro atoms. The van der Waals surface area contributed by atoms with E-state index < -0.39 is 11.8 Å². The number of likely N-dealkylation sites (tertiary alicyclic amines) is 1. The molecule has 1 aliphatic rings. The van der Waals surface area contributed by atoms with Crippen LogP contribution in [0.2, 0.25) is 0 Å². The Morgan fingerprint density at radius 2 is 1.96 bits per heavy atom. The molecule has 6 heteroatoms. The summed E-state index contributed by atoms with van der Waals surface area (Å²) in [5.41, 5.74) is 0.642. The van der Waals surface area contributed by atoms with Crippen molar-refractivity contribution in [3.8, 4) is 0 Å². The quantitative estimate of drug-likeness (QED) is 0.612. The molecule has 0 unspecified atom stereocenters. The van der Waals surface area contributed by atoms with Gasteiger partial charge < -0.3 is 15.5 Å². The Kier molecular flexibility index (Phi) is 7.59. The van der Waals surface area contributed by atoms with E-state index >= 15 is 0 Å². The molecule has 2 rings (SSSR count). The molecule has 0 aromatic heterocycles. The number of hydrogen-bond acceptors (Lipinski definition) is 4. The minimum absolute atomic E-state index is 0.333. The van der Waals surface area contributed by atoms with Crippen LogP contribution in [0.4, 0.5) is 5.69 Å². The SMILES string of the molecule is CSc1cccc(NC(=O)C(=O)NC[C@H](C)CN2CCCCC2)c1. The van der Waals surface area contributed by atoms with E-state index in [4.69, 9.17) is 0 Å². The number of hydrogen-bond donors (Lipinski definition) is 2. The van der Waals surface area contributed by atoms with Gasteiger partial charge in [-0.1, -0.05) is 19.4 Å². The van der Waals surface area contributed by atoms with Gasteiger partial charge in [-0.2, -0.15) is 0 Å². The van der Waals surface area contributed by atoms with Gasteiger partial charge in [-0.15, -0.1) is 11.8 Å². The number of nitrogens with zero attached hydrogens (tertiary/aromatic N) is 1. The number of piperidine rings is 1. The molecular formula is C18H27N3O2S. The Balaban J connectivity index is 1.73. The molecule has 24 heavy (non-hydrogen) atoms. The zero-order chi connectivity index (χ0) is 17.4. The van der Waals surface area contributed by atoms with E-state index in [1.807, 2.05) is 24.5 Å². The summed E-state index contributed by atoms with van der Waals surface area (Å²) >= 11 is 1.59. The molecule has 2 amide bonds. The van der Waals surface area contributed by atoms with Crippen LogP contribution in [-0.4, -0.2) is 49.1 Å². The van der Waals surface area contributed by atoms with Gasteiger partial charge in [0.2, 0.25) is 0 Å². The van der Waals surface area contributed by atoms with Crippen molar-refractivity contribution in [2.45, 2.75) is 31.1 Å². The molecule has 1 saturated heterocycles. The van der Waals surface area contributed by atoms with Crippen LogP contribution in [-0.2, 0) is 9.59 Å². The number of thioether (sulfide) groups is 1. The van der Waals surface area contributed by atoms with Gasteiger partial charge in [0.15, 0.2) is 0 Å². The standard InChI is InChI=1S/C18H27N3O2S/c1-14(13-21-9-4-3-5-10-21)12-19-17(22)18(23)20-15-7-6-8-16(11-15)24-2/h6-8,11,14H,3-5,9-10,12-13H2,1-2H3,(H,19,22)(H,20,23)/t14-/m0/s1. The molecule has 1 aliphatic heterocycles. The van der Waals surface area contributed by atoms with Crippen LogP contribution >= 0.6 is 11.8 Å². The Hall–Kier alpha value is -1.53. The highest BCUT2D eigenvalue weighted by Crippen LogP contribution is 2.18. The third kappa shape index (κ3) is 6.17. The summed E-state index contributed by atoms with van der Waals surface area (Å²) in [6.45, 7) is 5.88. The van der Waals surface area contributed by atoms with E-state index in [9.17, 15) is 9.59 Å². The van der Waals surface area contributed by atoms with Crippen LogP contribution in [0.25, 0.3) is 0 Å². The van der Waals surface area contributed by atoms with Gasteiger partial charge in [-0.25, -0.2) is 0 Å². The van der Waals surface area contributed by atoms with Gasteiger partial charge >= 0.3 is 11.8 Å². The van der Waals surface area contributed by atoms with Gasteiger partial charge in [0, 0.05) is 23.7 Å².